The Bertz CT molecular complexity index is 2050. The summed E-state index contributed by atoms with van der Waals surface area (Å²) in [6.07, 6.45) is 0.314. The highest BCUT2D eigenvalue weighted by molar-refractivity contribution is 6.33. The molecule has 0 bridgehead atoms. The van der Waals surface area contributed by atoms with E-state index < -0.39 is 88.9 Å². The molecule has 56 heavy (non-hydrogen) atoms. The molecular weight excluding hydrogens is 752 g/mol. The lowest BCUT2D eigenvalue weighted by molar-refractivity contribution is -0.148. The third kappa shape index (κ3) is 13.5. The van der Waals surface area contributed by atoms with Gasteiger partial charge in [-0.25, -0.2) is 22.6 Å². The molecule has 0 aliphatic heterocycles. The zero-order valence-electron chi connectivity index (χ0n) is 29.4. The van der Waals surface area contributed by atoms with Gasteiger partial charge in [0.2, 0.25) is 11.8 Å². The van der Waals surface area contributed by atoms with E-state index >= 15 is 0 Å². The fraction of sp³-hybridized carbons (Fsp3) is 0.184. The number of aliphatic carboxylic acids is 1. The molecule has 0 aromatic heterocycles. The van der Waals surface area contributed by atoms with Crippen LogP contribution in [0.15, 0.2) is 102 Å². The van der Waals surface area contributed by atoms with Crippen LogP contribution in [0.3, 0.4) is 0 Å². The fourth-order valence-corrected chi connectivity index (χ4v) is 4.67. The Balaban J connectivity index is 0.000000301. The first kappa shape index (κ1) is 43.6. The first-order valence-electron chi connectivity index (χ1n) is 16.3. The van der Waals surface area contributed by atoms with Crippen LogP contribution in [0.5, 0.6) is 0 Å². The molecule has 4 aromatic rings. The average molecular weight is 786 g/mol. The number of aliphatic imine (C=N–C) groups is 1. The lowest BCUT2D eigenvalue weighted by atomic mass is 10.1. The molecule has 4 aromatic carbocycles. The van der Waals surface area contributed by atoms with Crippen molar-refractivity contribution in [2.75, 3.05) is 16.8 Å². The van der Waals surface area contributed by atoms with Crippen LogP contribution in [0.2, 0.25) is 0 Å². The van der Waals surface area contributed by atoms with Crippen molar-refractivity contribution in [3.63, 3.8) is 0 Å². The SMILES string of the molecule is C[C@H](NC(=O)C(F)(F)c1cc(F)cc(F)c1)C(=O)N=CC(=O)Nc1ccccc1.C[C@H](NC(=O)Cc1cc(F)cc(F)c1)C(=O)N(CC(=O)O)c1ccccc1. The van der Waals surface area contributed by atoms with Crippen LogP contribution in [0.1, 0.15) is 25.0 Å². The summed E-state index contributed by atoms with van der Waals surface area (Å²) in [5.41, 5.74) is -0.272. The van der Waals surface area contributed by atoms with Crippen molar-refractivity contribution in [2.24, 2.45) is 4.99 Å². The molecule has 294 valence electrons. The molecule has 0 heterocycles. The van der Waals surface area contributed by atoms with Crippen molar-refractivity contribution >= 4 is 53.1 Å². The van der Waals surface area contributed by atoms with Crippen LogP contribution in [0.25, 0.3) is 0 Å². The second-order valence-electron chi connectivity index (χ2n) is 11.8. The number of hydrogen-bond acceptors (Lipinski definition) is 6. The number of carboxylic acids is 1. The summed E-state index contributed by atoms with van der Waals surface area (Å²) in [6.45, 7) is 1.90. The molecule has 0 spiro atoms. The van der Waals surface area contributed by atoms with Crippen LogP contribution in [-0.4, -0.2) is 65.5 Å². The summed E-state index contributed by atoms with van der Waals surface area (Å²) in [6, 6.07) is 17.6. The number of amides is 5. The van der Waals surface area contributed by atoms with Crippen LogP contribution in [-0.2, 0) is 41.1 Å². The number of alkyl halides is 2. The Morgan fingerprint density at radius 2 is 1.27 bits per heavy atom. The molecule has 0 saturated carbocycles. The van der Waals surface area contributed by atoms with Crippen molar-refractivity contribution < 1.29 is 60.2 Å². The molecule has 4 rings (SSSR count). The zero-order chi connectivity index (χ0) is 41.6. The number of carbonyl (C=O) groups excluding carboxylic acids is 5. The number of halogens is 6. The van der Waals surface area contributed by atoms with Gasteiger partial charge < -0.3 is 21.1 Å². The number of nitrogens with zero attached hydrogens (tertiary/aromatic N) is 2. The van der Waals surface area contributed by atoms with E-state index in [0.717, 1.165) is 24.0 Å². The van der Waals surface area contributed by atoms with Crippen LogP contribution in [0.4, 0.5) is 37.7 Å². The van der Waals surface area contributed by atoms with E-state index in [2.05, 4.69) is 15.6 Å². The van der Waals surface area contributed by atoms with Gasteiger partial charge in [0.15, 0.2) is 0 Å². The van der Waals surface area contributed by atoms with Gasteiger partial charge in [0.1, 0.15) is 41.9 Å². The fourth-order valence-electron chi connectivity index (χ4n) is 4.67. The summed E-state index contributed by atoms with van der Waals surface area (Å²) < 4.78 is 80.9. The van der Waals surface area contributed by atoms with Gasteiger partial charge in [-0.15, -0.1) is 0 Å². The summed E-state index contributed by atoms with van der Waals surface area (Å²) in [4.78, 5) is 75.4. The quantitative estimate of drug-likeness (QED) is 0.110. The number of para-hydroxylation sites is 2. The minimum Gasteiger partial charge on any atom is -0.480 e. The Kier molecular flexibility index (Phi) is 15.6. The van der Waals surface area contributed by atoms with E-state index in [1.807, 2.05) is 0 Å². The van der Waals surface area contributed by atoms with E-state index in [9.17, 15) is 55.1 Å². The van der Waals surface area contributed by atoms with Crippen LogP contribution in [0, 0.1) is 23.3 Å². The minimum atomic E-state index is -4.30. The van der Waals surface area contributed by atoms with Crippen molar-refractivity contribution in [1.29, 1.82) is 0 Å². The molecule has 2 atom stereocenters. The van der Waals surface area contributed by atoms with Crippen LogP contribution < -0.4 is 20.9 Å². The van der Waals surface area contributed by atoms with Gasteiger partial charge >= 0.3 is 11.9 Å². The first-order valence-corrected chi connectivity index (χ1v) is 16.3. The topological polar surface area (TPSA) is 174 Å². The summed E-state index contributed by atoms with van der Waals surface area (Å²) >= 11 is 0. The van der Waals surface area contributed by atoms with Gasteiger partial charge in [-0.1, -0.05) is 36.4 Å². The molecule has 0 unspecified atom stereocenters. The highest BCUT2D eigenvalue weighted by Gasteiger charge is 2.42. The molecule has 0 saturated heterocycles. The number of hydrogen-bond donors (Lipinski definition) is 4. The number of carboxylic acid groups (broad SMARTS) is 1. The average Bonchev–Trinajstić information content (AvgIpc) is 3.12. The van der Waals surface area contributed by atoms with Crippen LogP contribution >= 0.6 is 0 Å². The second-order valence-corrected chi connectivity index (χ2v) is 11.8. The van der Waals surface area contributed by atoms with Gasteiger partial charge in [-0.05, 0) is 67.9 Å². The van der Waals surface area contributed by atoms with E-state index in [4.69, 9.17) is 5.11 Å². The van der Waals surface area contributed by atoms with E-state index in [-0.39, 0.29) is 12.0 Å². The molecule has 5 amide bonds. The van der Waals surface area contributed by atoms with E-state index in [1.54, 1.807) is 66.0 Å². The number of anilines is 2. The van der Waals surface area contributed by atoms with E-state index in [0.29, 0.717) is 41.9 Å². The molecule has 4 N–H and O–H groups in total. The maximum atomic E-state index is 14.1. The maximum absolute atomic E-state index is 14.1. The molecular formula is C38H33F6N5O7. The Morgan fingerprint density at radius 3 is 1.80 bits per heavy atom. The van der Waals surface area contributed by atoms with Gasteiger partial charge in [0.05, 0.1) is 12.6 Å². The second kappa shape index (κ2) is 20.0. The molecule has 18 heteroatoms. The number of rotatable bonds is 13. The highest BCUT2D eigenvalue weighted by Crippen LogP contribution is 2.29. The standard InChI is InChI=1S/C19H15F4N3O3.C19H18F2N2O4/c1-11(17(28)24-10-16(27)26-15-5-3-2-4-6-15)25-18(29)19(22,23)12-7-13(20)9-14(21)8-12;1-12(22-17(24)9-13-7-14(20)10-15(21)8-13)19(27)23(11-18(25)26)16-5-3-2-4-6-16/h2-11H,1H3,(H,25,29)(H,26,27);2-8,10,12H,9,11H2,1H3,(H,22,24)(H,25,26)/t11-;12-/m00/s1. The number of carbonyl (C=O) groups is 6. The Morgan fingerprint density at radius 1 is 0.750 bits per heavy atom. The smallest absolute Gasteiger partial charge is 0.349 e. The number of benzene rings is 4. The van der Waals surface area contributed by atoms with Crippen molar-refractivity contribution in [3.8, 4) is 0 Å². The van der Waals surface area contributed by atoms with Crippen molar-refractivity contribution in [3.05, 3.63) is 131 Å². The first-order chi connectivity index (χ1) is 26.3. The summed E-state index contributed by atoms with van der Waals surface area (Å²) in [7, 11) is 0. The lowest BCUT2D eigenvalue weighted by Gasteiger charge is -2.25. The lowest BCUT2D eigenvalue weighted by Crippen LogP contribution is -2.49. The Hall–Kier alpha value is -6.85. The monoisotopic (exact) mass is 785 g/mol. The molecule has 0 radical (unpaired) electrons. The highest BCUT2D eigenvalue weighted by atomic mass is 19.3. The summed E-state index contributed by atoms with van der Waals surface area (Å²) in [5.74, 6) is -14.7. The molecule has 0 aliphatic rings. The zero-order valence-corrected chi connectivity index (χ0v) is 29.4. The summed E-state index contributed by atoms with van der Waals surface area (Å²) in [5, 5.41) is 15.6. The van der Waals surface area contributed by atoms with Gasteiger partial charge in [-0.3, -0.25) is 33.7 Å². The van der Waals surface area contributed by atoms with Gasteiger partial charge in [-0.2, -0.15) is 8.78 Å². The predicted molar refractivity (Wildman–Crippen MR) is 191 cm³/mol. The van der Waals surface area contributed by atoms with Crippen molar-refractivity contribution in [1.82, 2.24) is 10.6 Å². The third-order valence-electron chi connectivity index (χ3n) is 7.24. The number of nitrogens with one attached hydrogen (secondary N) is 3. The van der Waals surface area contributed by atoms with E-state index in [1.165, 1.54) is 6.92 Å². The molecule has 0 fully saturated rings. The molecule has 0 aliphatic carbocycles. The normalized spacial score (nSPS) is 12.0. The third-order valence-corrected chi connectivity index (χ3v) is 7.24. The Labute approximate surface area is 315 Å². The van der Waals surface area contributed by atoms with Gasteiger partial charge in [0, 0.05) is 29.1 Å². The maximum Gasteiger partial charge on any atom is 0.349 e. The largest absolute Gasteiger partial charge is 0.480 e. The predicted octanol–water partition coefficient (Wildman–Crippen LogP) is 4.93. The minimum absolute atomic E-state index is 0.120. The molecule has 12 nitrogen and oxygen atoms in total. The van der Waals surface area contributed by atoms with Crippen molar-refractivity contribution in [2.45, 2.75) is 38.3 Å². The van der Waals surface area contributed by atoms with Gasteiger partial charge in [0.25, 0.3) is 17.7 Å².